The summed E-state index contributed by atoms with van der Waals surface area (Å²) in [5.41, 5.74) is 0. The zero-order valence-electron chi connectivity index (χ0n) is 52.5. The molecular formula is C72H132O6. The highest BCUT2D eigenvalue weighted by Crippen LogP contribution is 2.18. The molecule has 6 nitrogen and oxygen atoms in total. The fourth-order valence-electron chi connectivity index (χ4n) is 10.4. The molecule has 0 aliphatic heterocycles. The van der Waals surface area contributed by atoms with Crippen LogP contribution >= 0.6 is 0 Å². The lowest BCUT2D eigenvalue weighted by molar-refractivity contribution is -0.167. The molecule has 0 bridgehead atoms. The molecular weight excluding hydrogens is 961 g/mol. The van der Waals surface area contributed by atoms with Crippen molar-refractivity contribution in [2.75, 3.05) is 13.2 Å². The van der Waals surface area contributed by atoms with Gasteiger partial charge in [-0.1, -0.05) is 345 Å². The van der Waals surface area contributed by atoms with E-state index < -0.39 is 6.10 Å². The summed E-state index contributed by atoms with van der Waals surface area (Å²) in [5, 5.41) is 0. The van der Waals surface area contributed by atoms with Gasteiger partial charge in [-0.05, 0) is 57.8 Å². The molecule has 0 saturated carbocycles. The molecule has 0 radical (unpaired) electrons. The molecule has 0 aromatic heterocycles. The van der Waals surface area contributed by atoms with Crippen molar-refractivity contribution < 1.29 is 28.6 Å². The van der Waals surface area contributed by atoms with Crippen LogP contribution in [0.5, 0.6) is 0 Å². The van der Waals surface area contributed by atoms with Gasteiger partial charge >= 0.3 is 17.9 Å². The van der Waals surface area contributed by atoms with Crippen LogP contribution in [0.1, 0.15) is 374 Å². The van der Waals surface area contributed by atoms with Crippen molar-refractivity contribution in [1.29, 1.82) is 0 Å². The molecule has 78 heavy (non-hydrogen) atoms. The quantitative estimate of drug-likeness (QED) is 0.0261. The predicted molar refractivity (Wildman–Crippen MR) is 339 cm³/mol. The molecule has 0 aliphatic carbocycles. The van der Waals surface area contributed by atoms with E-state index in [1.54, 1.807) is 0 Å². The second-order valence-electron chi connectivity index (χ2n) is 23.4. The first-order chi connectivity index (χ1) is 38.5. The van der Waals surface area contributed by atoms with Crippen LogP contribution in [-0.4, -0.2) is 37.2 Å². The zero-order chi connectivity index (χ0) is 56.4. The molecule has 456 valence electrons. The van der Waals surface area contributed by atoms with Crippen LogP contribution in [0.25, 0.3) is 0 Å². The lowest BCUT2D eigenvalue weighted by Crippen LogP contribution is -2.30. The summed E-state index contributed by atoms with van der Waals surface area (Å²) in [4.78, 5) is 38.4. The molecule has 0 saturated heterocycles. The van der Waals surface area contributed by atoms with Gasteiger partial charge < -0.3 is 14.2 Å². The van der Waals surface area contributed by atoms with E-state index in [1.165, 1.54) is 244 Å². The minimum atomic E-state index is -0.776. The summed E-state index contributed by atoms with van der Waals surface area (Å²) in [6.45, 7) is 6.60. The Bertz CT molecular complexity index is 1350. The molecule has 0 amide bonds. The summed E-state index contributed by atoms with van der Waals surface area (Å²) in [6.07, 6.45) is 84.2. The van der Waals surface area contributed by atoms with Crippen molar-refractivity contribution in [2.24, 2.45) is 0 Å². The maximum absolute atomic E-state index is 12.9. The van der Waals surface area contributed by atoms with E-state index in [-0.39, 0.29) is 31.1 Å². The third-order valence-electron chi connectivity index (χ3n) is 15.6. The lowest BCUT2D eigenvalue weighted by Gasteiger charge is -2.18. The molecule has 0 N–H and O–H groups in total. The topological polar surface area (TPSA) is 78.9 Å². The highest BCUT2D eigenvalue weighted by Gasteiger charge is 2.19. The number of allylic oxidation sites excluding steroid dienone is 8. The summed E-state index contributed by atoms with van der Waals surface area (Å²) in [6, 6.07) is 0. The van der Waals surface area contributed by atoms with Crippen LogP contribution in [0.4, 0.5) is 0 Å². The Kier molecular flexibility index (Phi) is 64.6. The van der Waals surface area contributed by atoms with E-state index in [1.807, 2.05) is 0 Å². The number of unbranched alkanes of at least 4 members (excludes halogenated alkanes) is 45. The average molecular weight is 1090 g/mol. The van der Waals surface area contributed by atoms with Crippen molar-refractivity contribution in [3.05, 3.63) is 48.6 Å². The van der Waals surface area contributed by atoms with Crippen molar-refractivity contribution in [1.82, 2.24) is 0 Å². The molecule has 1 unspecified atom stereocenters. The van der Waals surface area contributed by atoms with Crippen molar-refractivity contribution in [3.63, 3.8) is 0 Å². The first-order valence-corrected chi connectivity index (χ1v) is 34.6. The Morgan fingerprint density at radius 2 is 0.500 bits per heavy atom. The number of hydrogen-bond acceptors (Lipinski definition) is 6. The largest absolute Gasteiger partial charge is 0.462 e. The Hall–Kier alpha value is -2.63. The molecule has 0 spiro atoms. The minimum Gasteiger partial charge on any atom is -0.462 e. The number of carbonyl (C=O) groups is 3. The average Bonchev–Trinajstić information content (AvgIpc) is 3.44. The number of ether oxygens (including phenoxy) is 3. The third-order valence-corrected chi connectivity index (χ3v) is 15.6. The standard InChI is InChI=1S/C72H132O6/c1-4-7-10-13-16-19-22-25-28-30-32-34-35-36-38-39-41-44-47-50-53-56-59-62-65-71(74)77-68-69(67-76-70(73)64-61-58-55-52-49-46-43-27-24-21-18-15-12-9-6-3)78-72(75)66-63-60-57-54-51-48-45-42-40-37-33-31-29-26-23-20-17-14-11-8-5-2/h8,11,17,20,26,29,33,37,69H,4-7,9-10,12-16,18-19,21-25,27-28,30-32,34-36,38-68H2,1-3H3/b11-8-,20-17-,29-26-,37-33-. The Labute approximate surface area is 486 Å². The van der Waals surface area contributed by atoms with Crippen LogP contribution in [-0.2, 0) is 28.6 Å². The lowest BCUT2D eigenvalue weighted by atomic mass is 10.0. The number of rotatable bonds is 64. The predicted octanol–water partition coefficient (Wildman–Crippen LogP) is 23.7. The first-order valence-electron chi connectivity index (χ1n) is 34.6. The molecule has 0 aromatic carbocycles. The van der Waals surface area contributed by atoms with Crippen molar-refractivity contribution in [3.8, 4) is 0 Å². The maximum atomic E-state index is 12.9. The van der Waals surface area contributed by atoms with E-state index in [9.17, 15) is 14.4 Å². The van der Waals surface area contributed by atoms with Gasteiger partial charge in [-0.25, -0.2) is 0 Å². The van der Waals surface area contributed by atoms with Gasteiger partial charge in [0, 0.05) is 19.3 Å². The molecule has 0 heterocycles. The van der Waals surface area contributed by atoms with E-state index in [0.717, 1.165) is 89.9 Å². The first kappa shape index (κ1) is 75.4. The highest BCUT2D eigenvalue weighted by molar-refractivity contribution is 5.71. The SMILES string of the molecule is CC/C=C\C/C=C\C/C=C\C/C=C\CCCCCCCCCCC(=O)OC(COC(=O)CCCCCCCCCCCCCCCCC)COC(=O)CCCCCCCCCCCCCCCCCCCCCCCCCC. The van der Waals surface area contributed by atoms with Gasteiger partial charge in [0.1, 0.15) is 13.2 Å². The number of esters is 3. The van der Waals surface area contributed by atoms with Gasteiger partial charge in [0.25, 0.3) is 0 Å². The van der Waals surface area contributed by atoms with Crippen molar-refractivity contribution >= 4 is 17.9 Å². The highest BCUT2D eigenvalue weighted by atomic mass is 16.6. The van der Waals surface area contributed by atoms with Crippen LogP contribution in [0.15, 0.2) is 48.6 Å². The Morgan fingerprint density at radius 3 is 0.782 bits per heavy atom. The van der Waals surface area contributed by atoms with Gasteiger partial charge in [0.15, 0.2) is 6.10 Å². The van der Waals surface area contributed by atoms with Crippen LogP contribution < -0.4 is 0 Å². The molecule has 0 fully saturated rings. The molecule has 6 heteroatoms. The minimum absolute atomic E-state index is 0.0709. The van der Waals surface area contributed by atoms with Gasteiger partial charge in [-0.15, -0.1) is 0 Å². The Balaban J connectivity index is 4.29. The summed E-state index contributed by atoms with van der Waals surface area (Å²) >= 11 is 0. The van der Waals surface area contributed by atoms with Crippen molar-refractivity contribution in [2.45, 2.75) is 380 Å². The van der Waals surface area contributed by atoms with E-state index in [4.69, 9.17) is 14.2 Å². The van der Waals surface area contributed by atoms with Gasteiger partial charge in [0.05, 0.1) is 0 Å². The fourth-order valence-corrected chi connectivity index (χ4v) is 10.4. The van der Waals surface area contributed by atoms with E-state index in [2.05, 4.69) is 69.4 Å². The Morgan fingerprint density at radius 1 is 0.269 bits per heavy atom. The van der Waals surface area contributed by atoms with E-state index >= 15 is 0 Å². The zero-order valence-corrected chi connectivity index (χ0v) is 52.5. The van der Waals surface area contributed by atoms with Gasteiger partial charge in [0.2, 0.25) is 0 Å². The summed E-state index contributed by atoms with van der Waals surface area (Å²) in [7, 11) is 0. The second-order valence-corrected chi connectivity index (χ2v) is 23.4. The molecule has 1 atom stereocenters. The molecule has 0 aromatic rings. The number of carbonyl (C=O) groups excluding carboxylic acids is 3. The second kappa shape index (κ2) is 66.9. The van der Waals surface area contributed by atoms with Gasteiger partial charge in [-0.2, -0.15) is 0 Å². The van der Waals surface area contributed by atoms with Gasteiger partial charge in [-0.3, -0.25) is 14.4 Å². The van der Waals surface area contributed by atoms with E-state index in [0.29, 0.717) is 19.3 Å². The van der Waals surface area contributed by atoms with Crippen LogP contribution in [0.3, 0.4) is 0 Å². The third kappa shape index (κ3) is 64.2. The molecule has 0 aliphatic rings. The normalized spacial score (nSPS) is 12.3. The fraction of sp³-hybridized carbons (Fsp3) is 0.847. The monoisotopic (exact) mass is 1090 g/mol. The summed E-state index contributed by atoms with van der Waals surface area (Å²) in [5.74, 6) is -0.851. The maximum Gasteiger partial charge on any atom is 0.306 e. The smallest absolute Gasteiger partial charge is 0.306 e. The number of hydrogen-bond donors (Lipinski definition) is 0. The summed E-state index contributed by atoms with van der Waals surface area (Å²) < 4.78 is 17.0. The van der Waals surface area contributed by atoms with Crippen LogP contribution in [0, 0.1) is 0 Å². The molecule has 0 rings (SSSR count). The van der Waals surface area contributed by atoms with Crippen LogP contribution in [0.2, 0.25) is 0 Å².